The highest BCUT2D eigenvalue weighted by atomic mass is 19.3. The summed E-state index contributed by atoms with van der Waals surface area (Å²) in [6, 6.07) is 8.39. The normalized spacial score (nSPS) is 26.3. The lowest BCUT2D eigenvalue weighted by Gasteiger charge is -2.18. The Kier molecular flexibility index (Phi) is 5.02. The molecule has 2 N–H and O–H groups in total. The van der Waals surface area contributed by atoms with Gasteiger partial charge in [-0.25, -0.2) is 13.6 Å². The molecule has 6 nitrogen and oxygen atoms in total. The highest BCUT2D eigenvalue weighted by Gasteiger charge is 2.67. The summed E-state index contributed by atoms with van der Waals surface area (Å²) >= 11 is 0. The van der Waals surface area contributed by atoms with E-state index in [4.69, 9.17) is 4.74 Å². The SMILES string of the molecule is CC1(CNC(=O)NC2CCN(C(=O)COc3ccccc3)C2)CC1(F)F. The highest BCUT2D eigenvalue weighted by Crippen LogP contribution is 2.59. The molecule has 2 aliphatic rings. The number of nitrogens with zero attached hydrogens (tertiary/aromatic N) is 1. The van der Waals surface area contributed by atoms with Crippen LogP contribution in [0.1, 0.15) is 19.8 Å². The minimum atomic E-state index is -2.70. The van der Waals surface area contributed by atoms with E-state index in [2.05, 4.69) is 10.6 Å². The van der Waals surface area contributed by atoms with Crippen molar-refractivity contribution in [3.8, 4) is 5.75 Å². The van der Waals surface area contributed by atoms with Crippen LogP contribution >= 0.6 is 0 Å². The van der Waals surface area contributed by atoms with Gasteiger partial charge in [-0.05, 0) is 18.6 Å². The van der Waals surface area contributed by atoms with Crippen molar-refractivity contribution in [2.45, 2.75) is 31.7 Å². The molecule has 3 amide bonds. The van der Waals surface area contributed by atoms with Crippen LogP contribution in [0.25, 0.3) is 0 Å². The Hall–Kier alpha value is -2.38. The van der Waals surface area contributed by atoms with Crippen molar-refractivity contribution >= 4 is 11.9 Å². The quantitative estimate of drug-likeness (QED) is 0.808. The lowest BCUT2D eigenvalue weighted by atomic mass is 10.1. The number of carbonyl (C=O) groups excluding carboxylic acids is 2. The number of hydrogen-bond donors (Lipinski definition) is 2. The monoisotopic (exact) mass is 367 g/mol. The van der Waals surface area contributed by atoms with E-state index in [-0.39, 0.29) is 31.5 Å². The van der Waals surface area contributed by atoms with Crippen LogP contribution in [0.4, 0.5) is 13.6 Å². The molecule has 142 valence electrons. The van der Waals surface area contributed by atoms with Gasteiger partial charge in [-0.3, -0.25) is 4.79 Å². The number of ether oxygens (including phenoxy) is 1. The fourth-order valence-electron chi connectivity index (χ4n) is 3.01. The molecule has 1 saturated carbocycles. The van der Waals surface area contributed by atoms with Crippen LogP contribution in [0.3, 0.4) is 0 Å². The minimum Gasteiger partial charge on any atom is -0.484 e. The molecule has 1 aromatic rings. The Balaban J connectivity index is 1.36. The van der Waals surface area contributed by atoms with Crippen molar-refractivity contribution in [3.63, 3.8) is 0 Å². The molecule has 2 fully saturated rings. The zero-order valence-corrected chi connectivity index (χ0v) is 14.6. The molecule has 0 aromatic heterocycles. The second-order valence-electron chi connectivity index (χ2n) is 7.20. The number of alkyl halides is 2. The molecule has 0 bridgehead atoms. The molecule has 1 aromatic carbocycles. The van der Waals surface area contributed by atoms with Crippen molar-refractivity contribution in [1.29, 1.82) is 0 Å². The molecule has 1 aliphatic carbocycles. The number of carbonyl (C=O) groups is 2. The Bertz CT molecular complexity index is 671. The van der Waals surface area contributed by atoms with Gasteiger partial charge >= 0.3 is 6.03 Å². The second-order valence-corrected chi connectivity index (χ2v) is 7.20. The Morgan fingerprint density at radius 3 is 2.65 bits per heavy atom. The molecule has 0 spiro atoms. The van der Waals surface area contributed by atoms with E-state index in [0.717, 1.165) is 0 Å². The average molecular weight is 367 g/mol. The number of nitrogens with one attached hydrogen (secondary N) is 2. The number of halogens is 2. The van der Waals surface area contributed by atoms with E-state index >= 15 is 0 Å². The van der Waals surface area contributed by atoms with Gasteiger partial charge in [0.15, 0.2) is 6.61 Å². The summed E-state index contributed by atoms with van der Waals surface area (Å²) in [6.45, 7) is 2.24. The van der Waals surface area contributed by atoms with Crippen LogP contribution in [0.15, 0.2) is 30.3 Å². The maximum atomic E-state index is 13.1. The summed E-state index contributed by atoms with van der Waals surface area (Å²) < 4.78 is 31.7. The van der Waals surface area contributed by atoms with Crippen LogP contribution in [0.5, 0.6) is 5.75 Å². The third kappa shape index (κ3) is 4.23. The molecule has 1 aliphatic heterocycles. The third-order valence-corrected chi connectivity index (χ3v) is 4.99. The first-order valence-electron chi connectivity index (χ1n) is 8.67. The number of likely N-dealkylation sites (tertiary alicyclic amines) is 1. The topological polar surface area (TPSA) is 70.7 Å². The average Bonchev–Trinajstić information content (AvgIpc) is 2.94. The summed E-state index contributed by atoms with van der Waals surface area (Å²) in [5, 5.41) is 5.24. The van der Waals surface area contributed by atoms with Gasteiger partial charge in [0.25, 0.3) is 11.8 Å². The second kappa shape index (κ2) is 7.09. The lowest BCUT2D eigenvalue weighted by molar-refractivity contribution is -0.132. The first kappa shape index (κ1) is 18.4. The summed E-state index contributed by atoms with van der Waals surface area (Å²) in [4.78, 5) is 25.7. The summed E-state index contributed by atoms with van der Waals surface area (Å²) in [7, 11) is 0. The predicted molar refractivity (Wildman–Crippen MR) is 91.1 cm³/mol. The van der Waals surface area contributed by atoms with E-state index in [1.54, 1.807) is 17.0 Å². The standard InChI is InChI=1S/C18H23F2N3O3/c1-17(11-18(17,19)20)12-21-16(25)22-13-7-8-23(9-13)15(24)10-26-14-5-3-2-4-6-14/h2-6,13H,7-12H2,1H3,(H2,21,22,25). The molecule has 3 rings (SSSR count). The van der Waals surface area contributed by atoms with Gasteiger partial charge in [0.05, 0.1) is 5.41 Å². The van der Waals surface area contributed by atoms with Gasteiger partial charge < -0.3 is 20.3 Å². The summed E-state index contributed by atoms with van der Waals surface area (Å²) in [5.74, 6) is -2.22. The fourth-order valence-corrected chi connectivity index (χ4v) is 3.01. The van der Waals surface area contributed by atoms with Crippen LogP contribution in [-0.4, -0.2) is 55.0 Å². The number of urea groups is 1. The lowest BCUT2D eigenvalue weighted by Crippen LogP contribution is -2.45. The first-order valence-corrected chi connectivity index (χ1v) is 8.67. The van der Waals surface area contributed by atoms with Crippen LogP contribution in [0, 0.1) is 5.41 Å². The van der Waals surface area contributed by atoms with Gasteiger partial charge in [0.2, 0.25) is 0 Å². The van der Waals surface area contributed by atoms with Gasteiger partial charge in [-0.1, -0.05) is 25.1 Å². The molecular formula is C18H23F2N3O3. The summed E-state index contributed by atoms with van der Waals surface area (Å²) in [5.41, 5.74) is -1.14. The minimum absolute atomic E-state index is 0.0592. The Labute approximate surface area is 150 Å². The number of para-hydroxylation sites is 1. The van der Waals surface area contributed by atoms with Crippen molar-refractivity contribution in [2.24, 2.45) is 5.41 Å². The maximum Gasteiger partial charge on any atom is 0.315 e. The summed E-state index contributed by atoms with van der Waals surface area (Å²) in [6.07, 6.45) is 0.422. The first-order chi connectivity index (χ1) is 12.3. The zero-order chi connectivity index (χ0) is 18.8. The van der Waals surface area contributed by atoms with E-state index in [1.807, 2.05) is 18.2 Å². The fraction of sp³-hybridized carbons (Fsp3) is 0.556. The molecule has 1 heterocycles. The molecular weight excluding hydrogens is 344 g/mol. The number of rotatable bonds is 6. The van der Waals surface area contributed by atoms with Crippen LogP contribution in [-0.2, 0) is 4.79 Å². The predicted octanol–water partition coefficient (Wildman–Crippen LogP) is 2.01. The number of hydrogen-bond acceptors (Lipinski definition) is 3. The van der Waals surface area contributed by atoms with Crippen molar-refractivity contribution in [1.82, 2.24) is 15.5 Å². The molecule has 1 saturated heterocycles. The van der Waals surface area contributed by atoms with E-state index < -0.39 is 17.4 Å². The zero-order valence-electron chi connectivity index (χ0n) is 14.6. The van der Waals surface area contributed by atoms with Crippen molar-refractivity contribution in [2.75, 3.05) is 26.2 Å². The van der Waals surface area contributed by atoms with Crippen molar-refractivity contribution < 1.29 is 23.1 Å². The van der Waals surface area contributed by atoms with Crippen LogP contribution < -0.4 is 15.4 Å². The van der Waals surface area contributed by atoms with Gasteiger partial charge in [0.1, 0.15) is 5.75 Å². The molecule has 8 heteroatoms. The molecule has 2 unspecified atom stereocenters. The number of benzene rings is 1. The van der Waals surface area contributed by atoms with E-state index in [0.29, 0.717) is 25.3 Å². The van der Waals surface area contributed by atoms with Gasteiger partial charge in [0, 0.05) is 32.1 Å². The van der Waals surface area contributed by atoms with Crippen LogP contribution in [0.2, 0.25) is 0 Å². The number of amides is 3. The van der Waals surface area contributed by atoms with Gasteiger partial charge in [-0.15, -0.1) is 0 Å². The smallest absolute Gasteiger partial charge is 0.315 e. The van der Waals surface area contributed by atoms with Gasteiger partial charge in [-0.2, -0.15) is 0 Å². The van der Waals surface area contributed by atoms with E-state index in [9.17, 15) is 18.4 Å². The van der Waals surface area contributed by atoms with Crippen molar-refractivity contribution in [3.05, 3.63) is 30.3 Å². The maximum absolute atomic E-state index is 13.1. The Morgan fingerprint density at radius 2 is 2.00 bits per heavy atom. The van der Waals surface area contributed by atoms with E-state index in [1.165, 1.54) is 6.92 Å². The molecule has 2 atom stereocenters. The highest BCUT2D eigenvalue weighted by molar-refractivity contribution is 5.78. The largest absolute Gasteiger partial charge is 0.484 e. The Morgan fingerprint density at radius 1 is 1.31 bits per heavy atom. The molecule has 0 radical (unpaired) electrons. The third-order valence-electron chi connectivity index (χ3n) is 4.99. The molecule has 26 heavy (non-hydrogen) atoms.